The Bertz CT molecular complexity index is 410. The second-order valence-electron chi connectivity index (χ2n) is 4.02. The molecule has 17 heavy (non-hydrogen) atoms. The number of ether oxygens (including phenoxy) is 1. The molecular formula is C12H18N3OS+. The summed E-state index contributed by atoms with van der Waals surface area (Å²) >= 11 is 5.36. The van der Waals surface area contributed by atoms with Crippen molar-refractivity contribution in [3.05, 3.63) is 24.3 Å². The van der Waals surface area contributed by atoms with Gasteiger partial charge in [-0.2, -0.15) is 0 Å². The summed E-state index contributed by atoms with van der Waals surface area (Å²) in [7, 11) is 1.68. The number of para-hydroxylation sites is 2. The molecule has 0 amide bonds. The highest BCUT2D eigenvalue weighted by molar-refractivity contribution is 7.80. The topological polar surface area (TPSA) is 28.9 Å². The molecule has 0 spiro atoms. The summed E-state index contributed by atoms with van der Waals surface area (Å²) in [5.74, 6) is 0.856. The molecular weight excluding hydrogens is 234 g/mol. The molecule has 1 atom stereocenters. The lowest BCUT2D eigenvalue weighted by Gasteiger charge is -2.35. The fraction of sp³-hybridized carbons (Fsp3) is 0.417. The third-order valence-electron chi connectivity index (χ3n) is 2.99. The minimum absolute atomic E-state index is 0.770. The molecule has 1 aliphatic heterocycles. The molecule has 0 radical (unpaired) electrons. The Hall–Kier alpha value is -1.33. The maximum Gasteiger partial charge on any atom is 0.182 e. The molecule has 0 aliphatic carbocycles. The highest BCUT2D eigenvalue weighted by Gasteiger charge is 2.25. The van der Waals surface area contributed by atoms with Gasteiger partial charge in [0.15, 0.2) is 18.4 Å². The van der Waals surface area contributed by atoms with Crippen LogP contribution in [0.5, 0.6) is 5.75 Å². The molecule has 1 fully saturated rings. The van der Waals surface area contributed by atoms with Crippen LogP contribution in [0.15, 0.2) is 24.3 Å². The van der Waals surface area contributed by atoms with E-state index in [1.54, 1.807) is 7.11 Å². The van der Waals surface area contributed by atoms with Gasteiger partial charge in [0.25, 0.3) is 0 Å². The van der Waals surface area contributed by atoms with Gasteiger partial charge >= 0.3 is 0 Å². The van der Waals surface area contributed by atoms with E-state index in [9.17, 15) is 0 Å². The summed E-state index contributed by atoms with van der Waals surface area (Å²) in [5, 5.41) is 4.02. The lowest BCUT2D eigenvalue weighted by Crippen LogP contribution is -3.17. The zero-order chi connectivity index (χ0) is 12.3. The van der Waals surface area contributed by atoms with Gasteiger partial charge in [-0.05, 0) is 31.3 Å². The van der Waals surface area contributed by atoms with E-state index < -0.39 is 0 Å². The third-order valence-corrected chi connectivity index (χ3v) is 3.36. The number of rotatable bonds is 3. The molecule has 92 valence electrons. The summed E-state index contributed by atoms with van der Waals surface area (Å²) in [6, 6.07) is 7.96. The quantitative estimate of drug-likeness (QED) is 0.753. The van der Waals surface area contributed by atoms with E-state index in [1.807, 2.05) is 24.3 Å². The molecule has 0 bridgehead atoms. The number of nitrogens with zero attached hydrogens (tertiary/aromatic N) is 1. The highest BCUT2D eigenvalue weighted by Crippen LogP contribution is 2.27. The van der Waals surface area contributed by atoms with Crippen LogP contribution in [0.3, 0.4) is 0 Å². The van der Waals surface area contributed by atoms with E-state index in [4.69, 9.17) is 17.0 Å². The van der Waals surface area contributed by atoms with Crippen molar-refractivity contribution in [3.8, 4) is 5.75 Å². The van der Waals surface area contributed by atoms with Crippen molar-refractivity contribution in [1.29, 1.82) is 0 Å². The van der Waals surface area contributed by atoms with Gasteiger partial charge in [0, 0.05) is 0 Å². The van der Waals surface area contributed by atoms with Crippen LogP contribution in [-0.2, 0) is 0 Å². The average Bonchev–Trinajstić information content (AvgIpc) is 2.39. The van der Waals surface area contributed by atoms with E-state index in [2.05, 4.69) is 17.1 Å². The Kier molecular flexibility index (Phi) is 3.81. The van der Waals surface area contributed by atoms with E-state index in [1.165, 1.54) is 4.90 Å². The molecule has 2 rings (SSSR count). The van der Waals surface area contributed by atoms with Gasteiger partial charge in [-0.1, -0.05) is 12.1 Å². The van der Waals surface area contributed by atoms with Gasteiger partial charge < -0.3 is 15.0 Å². The summed E-state index contributed by atoms with van der Waals surface area (Å²) in [6.45, 7) is 5.01. The largest absolute Gasteiger partial charge is 0.495 e. The van der Waals surface area contributed by atoms with Crippen LogP contribution < -0.4 is 19.9 Å². The van der Waals surface area contributed by atoms with Gasteiger partial charge in [0.2, 0.25) is 0 Å². The molecule has 1 saturated heterocycles. The maximum atomic E-state index is 5.38. The Morgan fingerprint density at radius 3 is 2.94 bits per heavy atom. The predicted octanol–water partition coefficient (Wildman–Crippen LogP) is 0.210. The number of anilines is 1. The van der Waals surface area contributed by atoms with Gasteiger partial charge in [-0.15, -0.1) is 0 Å². The first-order valence-corrected chi connectivity index (χ1v) is 6.19. The van der Waals surface area contributed by atoms with E-state index >= 15 is 0 Å². The van der Waals surface area contributed by atoms with Crippen molar-refractivity contribution in [3.63, 3.8) is 0 Å². The molecule has 5 heteroatoms. The molecule has 1 heterocycles. The zero-order valence-electron chi connectivity index (χ0n) is 10.2. The lowest BCUT2D eigenvalue weighted by atomic mass is 10.2. The van der Waals surface area contributed by atoms with E-state index in [0.29, 0.717) is 0 Å². The molecule has 1 aromatic rings. The molecule has 4 nitrogen and oxygen atoms in total. The second-order valence-corrected chi connectivity index (χ2v) is 4.41. The van der Waals surface area contributed by atoms with Crippen LogP contribution >= 0.6 is 12.2 Å². The van der Waals surface area contributed by atoms with Gasteiger partial charge in [-0.25, -0.2) is 0 Å². The van der Waals surface area contributed by atoms with Crippen LogP contribution in [0, 0.1) is 0 Å². The first-order valence-electron chi connectivity index (χ1n) is 5.78. The Balaban J connectivity index is 2.27. The van der Waals surface area contributed by atoms with Crippen molar-refractivity contribution in [2.75, 3.05) is 31.9 Å². The average molecular weight is 252 g/mol. The maximum absolute atomic E-state index is 5.38. The first-order chi connectivity index (χ1) is 8.26. The molecule has 1 unspecified atom stereocenters. The minimum atomic E-state index is 0.770. The fourth-order valence-electron chi connectivity index (χ4n) is 1.93. The fourth-order valence-corrected chi connectivity index (χ4v) is 2.17. The summed E-state index contributed by atoms with van der Waals surface area (Å²) in [4.78, 5) is 3.54. The number of thiocarbonyl (C=S) groups is 1. The van der Waals surface area contributed by atoms with E-state index in [-0.39, 0.29) is 0 Å². The Morgan fingerprint density at radius 1 is 1.47 bits per heavy atom. The number of hydrogen-bond acceptors (Lipinski definition) is 2. The zero-order valence-corrected chi connectivity index (χ0v) is 11.0. The second kappa shape index (κ2) is 5.33. The summed E-state index contributed by atoms with van der Waals surface area (Å²) in [6.07, 6.45) is 0. The van der Waals surface area contributed by atoms with E-state index in [0.717, 1.165) is 36.4 Å². The highest BCUT2D eigenvalue weighted by atomic mass is 32.1. The monoisotopic (exact) mass is 252 g/mol. The molecule has 0 aromatic heterocycles. The SMILES string of the molecule is CC[NH+]1CNC(=S)N(c2ccccc2OC)C1. The summed E-state index contributed by atoms with van der Waals surface area (Å²) < 4.78 is 5.38. The number of nitrogens with one attached hydrogen (secondary N) is 2. The molecule has 1 aromatic carbocycles. The van der Waals surface area contributed by atoms with Gasteiger partial charge in [0.1, 0.15) is 5.75 Å². The Labute approximate surface area is 107 Å². The third kappa shape index (κ3) is 2.50. The van der Waals surface area contributed by atoms with Crippen LogP contribution in [0.25, 0.3) is 0 Å². The predicted molar refractivity (Wildman–Crippen MR) is 72.4 cm³/mol. The van der Waals surface area contributed by atoms with Crippen LogP contribution in [0.1, 0.15) is 6.92 Å². The molecule has 2 N–H and O–H groups in total. The smallest absolute Gasteiger partial charge is 0.182 e. The van der Waals surface area contributed by atoms with Crippen LogP contribution in [0.2, 0.25) is 0 Å². The van der Waals surface area contributed by atoms with Gasteiger partial charge in [-0.3, -0.25) is 4.90 Å². The molecule has 1 aliphatic rings. The Morgan fingerprint density at radius 2 is 2.24 bits per heavy atom. The lowest BCUT2D eigenvalue weighted by molar-refractivity contribution is -0.901. The van der Waals surface area contributed by atoms with Crippen LogP contribution in [-0.4, -0.2) is 32.1 Å². The standard InChI is InChI=1S/C12H17N3OS/c1-3-14-8-13-12(17)15(9-14)10-6-4-5-7-11(10)16-2/h4-7H,3,8-9H2,1-2H3,(H,13,17)/p+1. The van der Waals surface area contributed by atoms with Crippen molar-refractivity contribution in [2.45, 2.75) is 6.92 Å². The van der Waals surface area contributed by atoms with Crippen molar-refractivity contribution in [1.82, 2.24) is 5.32 Å². The van der Waals surface area contributed by atoms with Crippen molar-refractivity contribution in [2.24, 2.45) is 0 Å². The van der Waals surface area contributed by atoms with Crippen molar-refractivity contribution >= 4 is 23.0 Å². The molecule has 0 saturated carbocycles. The minimum Gasteiger partial charge on any atom is -0.495 e. The number of hydrogen-bond donors (Lipinski definition) is 2. The number of methoxy groups -OCH3 is 1. The van der Waals surface area contributed by atoms with Crippen LogP contribution in [0.4, 0.5) is 5.69 Å². The number of quaternary nitrogens is 1. The van der Waals surface area contributed by atoms with Crippen molar-refractivity contribution < 1.29 is 9.64 Å². The number of benzene rings is 1. The first kappa shape index (κ1) is 12.1. The normalized spacial score (nSPS) is 20.0. The van der Waals surface area contributed by atoms with Gasteiger partial charge in [0.05, 0.1) is 19.3 Å². The summed E-state index contributed by atoms with van der Waals surface area (Å²) in [5.41, 5.74) is 1.03.